The average molecular weight is 195 g/mol. The Bertz CT molecular complexity index is 473. The number of aromatic carboxylic acids is 1. The number of nitrogens with zero attached hydrogens (tertiary/aromatic N) is 3. The van der Waals surface area contributed by atoms with Crippen LogP contribution in [-0.2, 0) is 0 Å². The number of carboxylic acid groups (broad SMARTS) is 1. The Kier molecular flexibility index (Phi) is 1.77. The van der Waals surface area contributed by atoms with Gasteiger partial charge in [-0.25, -0.2) is 9.78 Å². The Labute approximate surface area is 77.4 Å². The molecule has 2 aromatic rings. The van der Waals surface area contributed by atoms with Gasteiger partial charge in [0.05, 0.1) is 6.20 Å². The van der Waals surface area contributed by atoms with Gasteiger partial charge < -0.3 is 13.9 Å². The van der Waals surface area contributed by atoms with Crippen LogP contribution in [0.5, 0.6) is 0 Å². The molecule has 0 spiro atoms. The first-order valence-electron chi connectivity index (χ1n) is 3.66. The highest BCUT2D eigenvalue weighted by atomic mass is 16.4. The maximum atomic E-state index is 10.4. The second-order valence-corrected chi connectivity index (χ2v) is 2.49. The number of hydrogen-bond acceptors (Lipinski definition) is 6. The van der Waals surface area contributed by atoms with Crippen molar-refractivity contribution < 1.29 is 18.7 Å². The van der Waals surface area contributed by atoms with Crippen LogP contribution in [0.1, 0.15) is 16.4 Å². The van der Waals surface area contributed by atoms with Gasteiger partial charge in [0.15, 0.2) is 0 Å². The van der Waals surface area contributed by atoms with E-state index in [1.807, 2.05) is 0 Å². The van der Waals surface area contributed by atoms with E-state index in [4.69, 9.17) is 13.9 Å². The van der Waals surface area contributed by atoms with Gasteiger partial charge in [0.1, 0.15) is 5.76 Å². The quantitative estimate of drug-likeness (QED) is 0.753. The molecule has 0 aliphatic rings. The number of aryl methyl sites for hydroxylation is 1. The number of rotatable bonds is 2. The molecule has 0 saturated heterocycles. The highest BCUT2D eigenvalue weighted by Gasteiger charge is 2.17. The van der Waals surface area contributed by atoms with Gasteiger partial charge in [-0.1, -0.05) is 0 Å². The first-order valence-corrected chi connectivity index (χ1v) is 3.66. The zero-order valence-electron chi connectivity index (χ0n) is 7.09. The maximum absolute atomic E-state index is 10.4. The Morgan fingerprint density at radius 1 is 1.36 bits per heavy atom. The molecule has 2 heterocycles. The van der Waals surface area contributed by atoms with Crippen LogP contribution in [0.15, 0.2) is 15.0 Å². The first kappa shape index (κ1) is 8.42. The zero-order valence-corrected chi connectivity index (χ0v) is 7.09. The average Bonchev–Trinajstić information content (AvgIpc) is 2.70. The predicted octanol–water partition coefficient (Wildman–Crippen LogP) is 0.731. The predicted molar refractivity (Wildman–Crippen MR) is 41.5 cm³/mol. The van der Waals surface area contributed by atoms with Crippen molar-refractivity contribution in [3.05, 3.63) is 17.8 Å². The topological polar surface area (TPSA) is 102 Å². The molecule has 7 heteroatoms. The summed E-state index contributed by atoms with van der Waals surface area (Å²) in [5, 5.41) is 15.3. The molecule has 7 nitrogen and oxygen atoms in total. The van der Waals surface area contributed by atoms with E-state index in [1.165, 1.54) is 6.20 Å². The summed E-state index contributed by atoms with van der Waals surface area (Å²) in [5.74, 6) is -1.13. The molecule has 0 aliphatic carbocycles. The third-order valence-corrected chi connectivity index (χ3v) is 1.41. The highest BCUT2D eigenvalue weighted by Crippen LogP contribution is 2.16. The van der Waals surface area contributed by atoms with Gasteiger partial charge in [0.2, 0.25) is 0 Å². The van der Waals surface area contributed by atoms with E-state index in [9.17, 15) is 4.79 Å². The lowest BCUT2D eigenvalue weighted by Crippen LogP contribution is -1.95. The van der Waals surface area contributed by atoms with E-state index in [2.05, 4.69) is 15.2 Å². The summed E-state index contributed by atoms with van der Waals surface area (Å²) < 4.78 is 9.83. The van der Waals surface area contributed by atoms with Crippen LogP contribution < -0.4 is 0 Å². The van der Waals surface area contributed by atoms with E-state index in [-0.39, 0.29) is 11.8 Å². The molecule has 72 valence electrons. The van der Waals surface area contributed by atoms with Crippen LogP contribution in [-0.4, -0.2) is 26.3 Å². The van der Waals surface area contributed by atoms with Crippen molar-refractivity contribution in [2.45, 2.75) is 6.92 Å². The number of carbonyl (C=O) groups is 1. The molecule has 1 N–H and O–H groups in total. The molecule has 0 aromatic carbocycles. The van der Waals surface area contributed by atoms with Gasteiger partial charge >= 0.3 is 17.8 Å². The number of oxazole rings is 1. The minimum Gasteiger partial charge on any atom is -0.474 e. The van der Waals surface area contributed by atoms with E-state index in [1.54, 1.807) is 6.92 Å². The first-order chi connectivity index (χ1) is 6.66. The van der Waals surface area contributed by atoms with Crippen LogP contribution in [0.25, 0.3) is 11.8 Å². The molecule has 0 fully saturated rings. The zero-order chi connectivity index (χ0) is 10.1. The molecule has 2 aromatic heterocycles. The fraction of sp³-hybridized carbons (Fsp3) is 0.143. The van der Waals surface area contributed by atoms with Crippen molar-refractivity contribution >= 4 is 5.97 Å². The third-order valence-electron chi connectivity index (χ3n) is 1.41. The molecular formula is C7H5N3O4. The Morgan fingerprint density at radius 2 is 2.14 bits per heavy atom. The minimum absolute atomic E-state index is 0.0458. The van der Waals surface area contributed by atoms with E-state index < -0.39 is 11.9 Å². The standard InChI is InChI=1S/C7H5N3O4/c1-3-2-8-4(13-3)5-9-10-6(14-5)7(11)12/h2H,1H3,(H,11,12). The Morgan fingerprint density at radius 3 is 2.64 bits per heavy atom. The molecule has 0 aliphatic heterocycles. The Balaban J connectivity index is 2.38. The monoisotopic (exact) mass is 195 g/mol. The van der Waals surface area contributed by atoms with E-state index in [0.717, 1.165) is 0 Å². The SMILES string of the molecule is Cc1cnc(-c2nnc(C(=O)O)o2)o1. The van der Waals surface area contributed by atoms with Crippen LogP contribution in [0, 0.1) is 6.92 Å². The van der Waals surface area contributed by atoms with E-state index >= 15 is 0 Å². The molecule has 14 heavy (non-hydrogen) atoms. The summed E-state index contributed by atoms with van der Waals surface area (Å²) in [4.78, 5) is 14.2. The normalized spacial score (nSPS) is 10.4. The van der Waals surface area contributed by atoms with Crippen molar-refractivity contribution in [3.8, 4) is 11.8 Å². The molecule has 0 bridgehead atoms. The Hall–Kier alpha value is -2.18. The summed E-state index contributed by atoms with van der Waals surface area (Å²) in [6, 6.07) is 0. The van der Waals surface area contributed by atoms with Gasteiger partial charge in [-0.2, -0.15) is 0 Å². The third kappa shape index (κ3) is 1.35. The van der Waals surface area contributed by atoms with Crippen molar-refractivity contribution in [1.29, 1.82) is 0 Å². The highest BCUT2D eigenvalue weighted by molar-refractivity contribution is 5.82. The van der Waals surface area contributed by atoms with Crippen LogP contribution in [0.4, 0.5) is 0 Å². The molecule has 0 amide bonds. The number of carboxylic acids is 1. The summed E-state index contributed by atoms with van der Waals surface area (Å²) in [5.41, 5.74) is 0. The number of aromatic nitrogens is 3. The fourth-order valence-electron chi connectivity index (χ4n) is 0.850. The van der Waals surface area contributed by atoms with Crippen molar-refractivity contribution in [2.24, 2.45) is 0 Å². The molecule has 0 unspecified atom stereocenters. The largest absolute Gasteiger partial charge is 0.474 e. The molecule has 0 saturated carbocycles. The second kappa shape index (κ2) is 2.95. The lowest BCUT2D eigenvalue weighted by Gasteiger charge is -1.83. The van der Waals surface area contributed by atoms with Crippen molar-refractivity contribution in [1.82, 2.24) is 15.2 Å². The number of hydrogen-bond donors (Lipinski definition) is 1. The van der Waals surface area contributed by atoms with Gasteiger partial charge in [-0.3, -0.25) is 0 Å². The smallest absolute Gasteiger partial charge is 0.393 e. The second-order valence-electron chi connectivity index (χ2n) is 2.49. The van der Waals surface area contributed by atoms with Gasteiger partial charge in [-0.15, -0.1) is 10.2 Å². The van der Waals surface area contributed by atoms with Crippen LogP contribution in [0.3, 0.4) is 0 Å². The minimum atomic E-state index is -1.29. The van der Waals surface area contributed by atoms with E-state index in [0.29, 0.717) is 5.76 Å². The van der Waals surface area contributed by atoms with Gasteiger partial charge in [0.25, 0.3) is 5.89 Å². The fourth-order valence-corrected chi connectivity index (χ4v) is 0.850. The van der Waals surface area contributed by atoms with Gasteiger partial charge in [0, 0.05) is 0 Å². The summed E-state index contributed by atoms with van der Waals surface area (Å²) >= 11 is 0. The molecule has 0 atom stereocenters. The summed E-state index contributed by atoms with van der Waals surface area (Å²) in [7, 11) is 0. The summed E-state index contributed by atoms with van der Waals surface area (Å²) in [6.45, 7) is 1.70. The van der Waals surface area contributed by atoms with Gasteiger partial charge in [-0.05, 0) is 6.92 Å². The maximum Gasteiger partial charge on any atom is 0.393 e. The van der Waals surface area contributed by atoms with Crippen LogP contribution in [0.2, 0.25) is 0 Å². The summed E-state index contributed by atoms with van der Waals surface area (Å²) in [6.07, 6.45) is 1.47. The molecule has 2 rings (SSSR count). The molecule has 0 radical (unpaired) electrons. The lowest BCUT2D eigenvalue weighted by molar-refractivity contribution is 0.0654. The van der Waals surface area contributed by atoms with Crippen LogP contribution >= 0.6 is 0 Å². The van der Waals surface area contributed by atoms with Crippen molar-refractivity contribution in [3.63, 3.8) is 0 Å². The lowest BCUT2D eigenvalue weighted by atomic mass is 10.6. The van der Waals surface area contributed by atoms with Crippen molar-refractivity contribution in [2.75, 3.05) is 0 Å². The molecular weight excluding hydrogens is 190 g/mol.